The molecule has 6 heteroatoms. The minimum Gasteiger partial charge on any atom is -0.282 e. The summed E-state index contributed by atoms with van der Waals surface area (Å²) in [6.07, 6.45) is 4.81. The number of benzene rings is 1. The summed E-state index contributed by atoms with van der Waals surface area (Å²) in [6.45, 7) is 0. The Kier molecular flexibility index (Phi) is 3.68. The highest BCUT2D eigenvalue weighted by atomic mass is 32.2. The lowest BCUT2D eigenvalue weighted by atomic mass is 9.96. The van der Waals surface area contributed by atoms with Crippen LogP contribution in [0.25, 0.3) is 11.4 Å². The van der Waals surface area contributed by atoms with Gasteiger partial charge in [-0.05, 0) is 31.2 Å². The van der Waals surface area contributed by atoms with Crippen molar-refractivity contribution >= 4 is 11.8 Å². The predicted molar refractivity (Wildman–Crippen MR) is 86.6 cm³/mol. The summed E-state index contributed by atoms with van der Waals surface area (Å²) < 4.78 is 0. The summed E-state index contributed by atoms with van der Waals surface area (Å²) in [5.74, 6) is 1.63. The second kappa shape index (κ2) is 5.96. The molecule has 0 saturated heterocycles. The van der Waals surface area contributed by atoms with Crippen molar-refractivity contribution in [1.29, 1.82) is 0 Å². The van der Waals surface area contributed by atoms with E-state index in [1.807, 2.05) is 30.3 Å². The van der Waals surface area contributed by atoms with E-state index in [-0.39, 0.29) is 0 Å². The lowest BCUT2D eigenvalue weighted by Crippen LogP contribution is -2.02. The van der Waals surface area contributed by atoms with Crippen LogP contribution in [0.1, 0.15) is 29.8 Å². The summed E-state index contributed by atoms with van der Waals surface area (Å²) in [4.78, 5) is 4.55. The van der Waals surface area contributed by atoms with Crippen LogP contribution in [0.4, 0.5) is 0 Å². The van der Waals surface area contributed by atoms with Gasteiger partial charge in [-0.2, -0.15) is 5.10 Å². The van der Waals surface area contributed by atoms with Crippen molar-refractivity contribution in [2.24, 2.45) is 0 Å². The van der Waals surface area contributed by atoms with Gasteiger partial charge in [-0.3, -0.25) is 10.2 Å². The molecule has 5 nitrogen and oxygen atoms in total. The molecule has 0 bridgehead atoms. The Labute approximate surface area is 133 Å². The lowest BCUT2D eigenvalue weighted by Gasteiger charge is -2.10. The first-order valence-electron chi connectivity index (χ1n) is 7.56. The zero-order chi connectivity index (χ0) is 14.8. The maximum absolute atomic E-state index is 4.55. The highest BCUT2D eigenvalue weighted by Crippen LogP contribution is 2.27. The minimum atomic E-state index is 0.770. The van der Waals surface area contributed by atoms with Crippen LogP contribution in [-0.4, -0.2) is 25.4 Å². The number of fused-ring (bicyclic) bond motifs is 1. The summed E-state index contributed by atoms with van der Waals surface area (Å²) >= 11 is 1.63. The van der Waals surface area contributed by atoms with Gasteiger partial charge in [-0.1, -0.05) is 42.1 Å². The summed E-state index contributed by atoms with van der Waals surface area (Å²) in [7, 11) is 0. The molecule has 0 atom stereocenters. The maximum atomic E-state index is 4.55. The van der Waals surface area contributed by atoms with Gasteiger partial charge in [0.1, 0.15) is 0 Å². The molecule has 3 aromatic rings. The third-order valence-electron chi connectivity index (χ3n) is 3.99. The Hall–Kier alpha value is -2.08. The predicted octanol–water partition coefficient (Wildman–Crippen LogP) is 3.37. The normalized spacial score (nSPS) is 14.0. The molecule has 2 heterocycles. The average Bonchev–Trinajstić information content (AvgIpc) is 3.21. The zero-order valence-corrected chi connectivity index (χ0v) is 13.0. The Morgan fingerprint density at radius 1 is 1.00 bits per heavy atom. The van der Waals surface area contributed by atoms with Gasteiger partial charge in [-0.15, -0.1) is 5.10 Å². The van der Waals surface area contributed by atoms with Gasteiger partial charge in [0.15, 0.2) is 5.82 Å². The topological polar surface area (TPSA) is 70.2 Å². The van der Waals surface area contributed by atoms with Gasteiger partial charge < -0.3 is 0 Å². The van der Waals surface area contributed by atoms with Crippen LogP contribution in [0.2, 0.25) is 0 Å². The van der Waals surface area contributed by atoms with E-state index < -0.39 is 0 Å². The van der Waals surface area contributed by atoms with Crippen molar-refractivity contribution < 1.29 is 0 Å². The van der Waals surface area contributed by atoms with E-state index in [1.54, 1.807) is 11.8 Å². The van der Waals surface area contributed by atoms with Crippen LogP contribution < -0.4 is 0 Å². The number of aromatic nitrogens is 5. The molecule has 0 aliphatic heterocycles. The molecule has 112 valence electrons. The molecule has 0 spiro atoms. The Morgan fingerprint density at radius 2 is 1.86 bits per heavy atom. The van der Waals surface area contributed by atoms with E-state index >= 15 is 0 Å². The fraction of sp³-hybridized carbons (Fsp3) is 0.312. The molecule has 1 aliphatic carbocycles. The Balaban J connectivity index is 1.46. The molecule has 0 radical (unpaired) electrons. The van der Waals surface area contributed by atoms with Crippen molar-refractivity contribution in [3.05, 3.63) is 47.3 Å². The van der Waals surface area contributed by atoms with Crippen LogP contribution in [0.15, 0.2) is 35.5 Å². The van der Waals surface area contributed by atoms with Crippen molar-refractivity contribution in [3.8, 4) is 11.4 Å². The van der Waals surface area contributed by atoms with E-state index in [1.165, 1.54) is 24.1 Å². The third kappa shape index (κ3) is 2.66. The van der Waals surface area contributed by atoms with Gasteiger partial charge in [-0.25, -0.2) is 4.98 Å². The van der Waals surface area contributed by atoms with Crippen molar-refractivity contribution in [2.45, 2.75) is 36.6 Å². The van der Waals surface area contributed by atoms with Crippen molar-refractivity contribution in [1.82, 2.24) is 25.4 Å². The number of thioether (sulfide) groups is 1. The molecule has 2 aromatic heterocycles. The van der Waals surface area contributed by atoms with Gasteiger partial charge in [0, 0.05) is 17.0 Å². The SMILES string of the molecule is c1ccc(-c2nc(SCc3n[nH]c4c3CCCC4)n[nH]2)cc1. The maximum Gasteiger partial charge on any atom is 0.209 e. The molecule has 2 N–H and O–H groups in total. The number of H-pyrrole nitrogens is 2. The van der Waals surface area contributed by atoms with Crippen molar-refractivity contribution in [2.75, 3.05) is 0 Å². The lowest BCUT2D eigenvalue weighted by molar-refractivity contribution is 0.673. The fourth-order valence-electron chi connectivity index (χ4n) is 2.84. The number of nitrogens with one attached hydrogen (secondary N) is 2. The first kappa shape index (κ1) is 13.6. The van der Waals surface area contributed by atoms with Gasteiger partial charge in [0.25, 0.3) is 0 Å². The van der Waals surface area contributed by atoms with Crippen LogP contribution in [0.3, 0.4) is 0 Å². The summed E-state index contributed by atoms with van der Waals surface area (Å²) in [6, 6.07) is 10.1. The number of nitrogens with zero attached hydrogens (tertiary/aromatic N) is 3. The highest BCUT2D eigenvalue weighted by Gasteiger charge is 2.17. The summed E-state index contributed by atoms with van der Waals surface area (Å²) in [5, 5.41) is 15.7. The number of rotatable bonds is 4. The second-order valence-corrected chi connectivity index (χ2v) is 6.40. The Morgan fingerprint density at radius 3 is 2.77 bits per heavy atom. The molecule has 1 aromatic carbocycles. The third-order valence-corrected chi connectivity index (χ3v) is 4.85. The first-order valence-corrected chi connectivity index (χ1v) is 8.54. The Bertz CT molecular complexity index is 762. The van der Waals surface area contributed by atoms with Gasteiger partial charge in [0.2, 0.25) is 5.16 Å². The largest absolute Gasteiger partial charge is 0.282 e. The van der Waals surface area contributed by atoms with E-state index in [2.05, 4.69) is 25.4 Å². The van der Waals surface area contributed by atoms with Gasteiger partial charge in [0.05, 0.1) is 5.69 Å². The minimum absolute atomic E-state index is 0.770. The smallest absolute Gasteiger partial charge is 0.209 e. The molecule has 0 unspecified atom stereocenters. The van der Waals surface area contributed by atoms with Crippen LogP contribution in [-0.2, 0) is 18.6 Å². The first-order chi connectivity index (χ1) is 10.9. The van der Waals surface area contributed by atoms with E-state index in [4.69, 9.17) is 0 Å². The van der Waals surface area contributed by atoms with Crippen LogP contribution in [0.5, 0.6) is 0 Å². The number of aryl methyl sites for hydroxylation is 1. The molecular weight excluding hydrogens is 294 g/mol. The molecule has 0 amide bonds. The van der Waals surface area contributed by atoms with Crippen LogP contribution >= 0.6 is 11.8 Å². The molecule has 0 saturated carbocycles. The quantitative estimate of drug-likeness (QED) is 0.725. The number of hydrogen-bond donors (Lipinski definition) is 2. The van der Waals surface area contributed by atoms with Crippen molar-refractivity contribution in [3.63, 3.8) is 0 Å². The standard InChI is InChI=1S/C16H17N5S/c1-2-6-11(7-3-1)15-17-16(21-20-15)22-10-14-12-8-4-5-9-13(12)18-19-14/h1-3,6-7H,4-5,8-10H2,(H,18,19)(H,17,20,21). The molecule has 0 fully saturated rings. The van der Waals surface area contributed by atoms with E-state index in [9.17, 15) is 0 Å². The second-order valence-electron chi connectivity index (χ2n) is 5.46. The molecule has 22 heavy (non-hydrogen) atoms. The molecular formula is C16H17N5S. The molecule has 1 aliphatic rings. The van der Waals surface area contributed by atoms with E-state index in [0.29, 0.717) is 0 Å². The zero-order valence-electron chi connectivity index (χ0n) is 12.2. The summed E-state index contributed by atoms with van der Waals surface area (Å²) in [5.41, 5.74) is 4.95. The fourth-order valence-corrected chi connectivity index (χ4v) is 3.61. The van der Waals surface area contributed by atoms with Gasteiger partial charge >= 0.3 is 0 Å². The highest BCUT2D eigenvalue weighted by molar-refractivity contribution is 7.98. The molecule has 4 rings (SSSR count). The monoisotopic (exact) mass is 311 g/mol. The number of aromatic amines is 2. The van der Waals surface area contributed by atoms with Crippen LogP contribution in [0, 0.1) is 0 Å². The average molecular weight is 311 g/mol. The number of hydrogen-bond acceptors (Lipinski definition) is 4. The van der Waals surface area contributed by atoms with E-state index in [0.717, 1.165) is 40.8 Å².